The van der Waals surface area contributed by atoms with Gasteiger partial charge in [0.05, 0.1) is 5.56 Å². The van der Waals surface area contributed by atoms with Crippen molar-refractivity contribution in [1.29, 1.82) is 0 Å². The average molecular weight is 318 g/mol. The van der Waals surface area contributed by atoms with Gasteiger partial charge in [-0.15, -0.1) is 0 Å². The van der Waals surface area contributed by atoms with E-state index >= 15 is 0 Å². The summed E-state index contributed by atoms with van der Waals surface area (Å²) in [5.41, 5.74) is 1.20. The second kappa shape index (κ2) is 7.28. The second-order valence-electron chi connectivity index (χ2n) is 3.52. The van der Waals surface area contributed by atoms with Crippen LogP contribution in [0.25, 0.3) is 0 Å². The third-order valence-corrected chi connectivity index (χ3v) is 2.73. The van der Waals surface area contributed by atoms with E-state index in [1.165, 1.54) is 12.1 Å². The van der Waals surface area contributed by atoms with Gasteiger partial charge in [-0.1, -0.05) is 29.3 Å². The molecule has 4 nitrogen and oxygen atoms in total. The highest BCUT2D eigenvalue weighted by Crippen LogP contribution is 2.16. The highest BCUT2D eigenvalue weighted by molar-refractivity contribution is 6.34. The molecule has 0 fully saturated rings. The Bertz CT molecular complexity index is 563. The normalized spacial score (nSPS) is 9.58. The summed E-state index contributed by atoms with van der Waals surface area (Å²) in [6.45, 7) is 0.381. The van der Waals surface area contributed by atoms with Crippen LogP contribution in [0.1, 0.15) is 15.9 Å². The van der Waals surface area contributed by atoms with E-state index in [0.717, 1.165) is 5.56 Å². The fourth-order valence-electron chi connectivity index (χ4n) is 1.36. The fraction of sp³-hybridized carbons (Fsp3) is 0.0833. The van der Waals surface area contributed by atoms with Crippen molar-refractivity contribution in [3.63, 3.8) is 0 Å². The van der Waals surface area contributed by atoms with E-state index in [-0.39, 0.29) is 28.6 Å². The van der Waals surface area contributed by atoms with Gasteiger partial charge in [-0.3, -0.25) is 9.78 Å². The van der Waals surface area contributed by atoms with Gasteiger partial charge in [0.2, 0.25) is 0 Å². The topological polar surface area (TPSA) is 54.9 Å². The first kappa shape index (κ1) is 15.7. The molecule has 0 spiro atoms. The third kappa shape index (κ3) is 4.35. The van der Waals surface area contributed by atoms with Crippen LogP contribution in [0.15, 0.2) is 36.7 Å². The van der Waals surface area contributed by atoms with E-state index in [9.17, 15) is 4.79 Å². The number of pyridine rings is 2. The monoisotopic (exact) mass is 316 g/mol. The number of nitrogens with zero attached hydrogens (tertiary/aromatic N) is 2. The lowest BCUT2D eigenvalue weighted by atomic mass is 10.2. The SMILES string of the molecule is O=C(NCc1cccnc1)c1ccc(Cl)nc1Cl.[Cl-]. The Balaban J connectivity index is 0.00000180. The zero-order valence-electron chi connectivity index (χ0n) is 9.61. The number of nitrogens with one attached hydrogen (secondary N) is 1. The number of hydrogen-bond donors (Lipinski definition) is 1. The molecular weight excluding hydrogens is 309 g/mol. The van der Waals surface area contributed by atoms with E-state index < -0.39 is 0 Å². The number of hydrogen-bond acceptors (Lipinski definition) is 3. The molecule has 2 aromatic rings. The van der Waals surface area contributed by atoms with E-state index in [1.54, 1.807) is 18.5 Å². The zero-order chi connectivity index (χ0) is 13.0. The smallest absolute Gasteiger partial charge is 0.254 e. The molecule has 7 heteroatoms. The van der Waals surface area contributed by atoms with Gasteiger partial charge in [0.1, 0.15) is 10.3 Å². The van der Waals surface area contributed by atoms with Crippen LogP contribution in [0.5, 0.6) is 0 Å². The van der Waals surface area contributed by atoms with Gasteiger partial charge in [-0.25, -0.2) is 4.98 Å². The minimum atomic E-state index is -0.298. The van der Waals surface area contributed by atoms with Crippen LogP contribution < -0.4 is 17.7 Å². The standard InChI is InChI=1S/C12H9Cl2N3O.ClH/c13-10-4-3-9(11(14)17-10)12(18)16-7-8-2-1-5-15-6-8;/h1-6H,7H2,(H,16,18);1H/p-1. The zero-order valence-corrected chi connectivity index (χ0v) is 11.9. The quantitative estimate of drug-likeness (QED) is 0.792. The first-order valence-corrected chi connectivity index (χ1v) is 5.91. The summed E-state index contributed by atoms with van der Waals surface area (Å²) in [5.74, 6) is -0.298. The lowest BCUT2D eigenvalue weighted by Crippen LogP contribution is -3.00. The molecule has 1 amide bonds. The Labute approximate surface area is 126 Å². The lowest BCUT2D eigenvalue weighted by molar-refractivity contribution is -0.0000119. The van der Waals surface area contributed by atoms with Gasteiger partial charge in [-0.05, 0) is 23.8 Å². The highest BCUT2D eigenvalue weighted by Gasteiger charge is 2.11. The van der Waals surface area contributed by atoms with Crippen LogP contribution in [-0.4, -0.2) is 15.9 Å². The minimum absolute atomic E-state index is 0. The Morgan fingerprint density at radius 1 is 1.26 bits per heavy atom. The molecule has 1 N–H and O–H groups in total. The molecule has 2 rings (SSSR count). The van der Waals surface area contributed by atoms with Crippen LogP contribution in [-0.2, 0) is 6.54 Å². The summed E-state index contributed by atoms with van der Waals surface area (Å²) < 4.78 is 0. The molecule has 100 valence electrons. The number of rotatable bonds is 3. The van der Waals surface area contributed by atoms with Crippen LogP contribution in [0.3, 0.4) is 0 Å². The summed E-state index contributed by atoms with van der Waals surface area (Å²) >= 11 is 11.5. The molecule has 19 heavy (non-hydrogen) atoms. The number of halogens is 3. The number of amides is 1. The maximum Gasteiger partial charge on any atom is 0.254 e. The predicted molar refractivity (Wildman–Crippen MR) is 69.7 cm³/mol. The van der Waals surface area contributed by atoms with Crippen molar-refractivity contribution in [3.8, 4) is 0 Å². The molecule has 0 saturated carbocycles. The Morgan fingerprint density at radius 3 is 2.68 bits per heavy atom. The average Bonchev–Trinajstić information content (AvgIpc) is 2.37. The number of carbonyl (C=O) groups excluding carboxylic acids is 1. The van der Waals surface area contributed by atoms with Crippen molar-refractivity contribution < 1.29 is 17.2 Å². The van der Waals surface area contributed by atoms with Crippen molar-refractivity contribution in [3.05, 3.63) is 58.1 Å². The number of aromatic nitrogens is 2. The van der Waals surface area contributed by atoms with Crippen molar-refractivity contribution in [1.82, 2.24) is 15.3 Å². The molecule has 0 saturated heterocycles. The van der Waals surface area contributed by atoms with Crippen molar-refractivity contribution in [2.24, 2.45) is 0 Å². The molecule has 0 aliphatic rings. The van der Waals surface area contributed by atoms with Crippen molar-refractivity contribution >= 4 is 29.1 Å². The summed E-state index contributed by atoms with van der Waals surface area (Å²) in [6.07, 6.45) is 3.35. The van der Waals surface area contributed by atoms with E-state index in [4.69, 9.17) is 23.2 Å². The van der Waals surface area contributed by atoms with E-state index in [2.05, 4.69) is 15.3 Å². The van der Waals surface area contributed by atoms with Gasteiger partial charge in [-0.2, -0.15) is 0 Å². The first-order chi connectivity index (χ1) is 8.66. The van der Waals surface area contributed by atoms with Crippen molar-refractivity contribution in [2.75, 3.05) is 0 Å². The first-order valence-electron chi connectivity index (χ1n) is 5.16. The molecule has 0 aromatic carbocycles. The second-order valence-corrected chi connectivity index (χ2v) is 4.26. The molecule has 0 unspecified atom stereocenters. The summed E-state index contributed by atoms with van der Waals surface area (Å²) in [4.78, 5) is 19.6. The molecule has 0 radical (unpaired) electrons. The molecule has 0 aliphatic carbocycles. The summed E-state index contributed by atoms with van der Waals surface area (Å²) in [6, 6.07) is 6.73. The van der Waals surface area contributed by atoms with Crippen LogP contribution in [0.4, 0.5) is 0 Å². The van der Waals surface area contributed by atoms with Crippen molar-refractivity contribution in [2.45, 2.75) is 6.54 Å². The van der Waals surface area contributed by atoms with E-state index in [1.807, 2.05) is 6.07 Å². The maximum atomic E-state index is 11.9. The predicted octanol–water partition coefficient (Wildman–Crippen LogP) is -0.283. The van der Waals surface area contributed by atoms with Gasteiger partial charge in [0.15, 0.2) is 0 Å². The lowest BCUT2D eigenvalue weighted by Gasteiger charge is -2.06. The minimum Gasteiger partial charge on any atom is -1.00 e. The summed E-state index contributed by atoms with van der Waals surface area (Å²) in [5, 5.41) is 3.07. The summed E-state index contributed by atoms with van der Waals surface area (Å²) in [7, 11) is 0. The molecule has 0 atom stereocenters. The van der Waals surface area contributed by atoms with Crippen LogP contribution in [0.2, 0.25) is 10.3 Å². The Hall–Kier alpha value is -1.36. The molecule has 2 aromatic heterocycles. The molecule has 0 bridgehead atoms. The molecular formula is C12H9Cl3N3O-. The van der Waals surface area contributed by atoms with Crippen LogP contribution in [0, 0.1) is 0 Å². The van der Waals surface area contributed by atoms with Gasteiger partial charge in [0, 0.05) is 18.9 Å². The van der Waals surface area contributed by atoms with Gasteiger partial charge >= 0.3 is 0 Å². The molecule has 0 aliphatic heterocycles. The highest BCUT2D eigenvalue weighted by atomic mass is 35.5. The van der Waals surface area contributed by atoms with E-state index in [0.29, 0.717) is 12.1 Å². The third-order valence-electron chi connectivity index (χ3n) is 2.24. The molecule has 2 heterocycles. The van der Waals surface area contributed by atoms with Gasteiger partial charge < -0.3 is 17.7 Å². The largest absolute Gasteiger partial charge is 1.00 e. The van der Waals surface area contributed by atoms with Crippen LogP contribution >= 0.6 is 23.2 Å². The number of carbonyl (C=O) groups is 1. The Kier molecular flexibility index (Phi) is 6.02. The van der Waals surface area contributed by atoms with Gasteiger partial charge in [0.25, 0.3) is 5.91 Å². The maximum absolute atomic E-state index is 11.9. The fourth-order valence-corrected chi connectivity index (χ4v) is 1.79. The Morgan fingerprint density at radius 2 is 2.05 bits per heavy atom.